The Morgan fingerprint density at radius 3 is 2.69 bits per heavy atom. The van der Waals surface area contributed by atoms with Crippen molar-refractivity contribution in [2.75, 3.05) is 54.0 Å². The molecule has 2 saturated carbocycles. The smallest absolute Gasteiger partial charge is 0.248 e. The third-order valence-electron chi connectivity index (χ3n) is 11.6. The molecule has 2 aliphatic heterocycles. The van der Waals surface area contributed by atoms with Gasteiger partial charge in [0.1, 0.15) is 5.82 Å². The second kappa shape index (κ2) is 10.6. The maximum atomic E-state index is 15.5. The van der Waals surface area contributed by atoms with Crippen LogP contribution in [0.4, 0.5) is 33.3 Å². The van der Waals surface area contributed by atoms with Crippen molar-refractivity contribution in [3.63, 3.8) is 0 Å². The first-order valence-electron chi connectivity index (χ1n) is 17.0. The Bertz CT molecular complexity index is 1700. The van der Waals surface area contributed by atoms with Crippen molar-refractivity contribution < 1.29 is 4.39 Å². The van der Waals surface area contributed by atoms with E-state index < -0.39 is 0 Å². The highest BCUT2D eigenvalue weighted by atomic mass is 19.1. The first-order chi connectivity index (χ1) is 22.0. The van der Waals surface area contributed by atoms with Gasteiger partial charge < -0.3 is 21.3 Å². The summed E-state index contributed by atoms with van der Waals surface area (Å²) < 4.78 is 17.1. The zero-order valence-corrected chi connectivity index (χ0v) is 25.8. The van der Waals surface area contributed by atoms with Crippen molar-refractivity contribution in [3.8, 4) is 5.82 Å². The Morgan fingerprint density at radius 1 is 1.04 bits per heavy atom. The topological polar surface area (TPSA) is 100 Å². The zero-order valence-electron chi connectivity index (χ0n) is 25.8. The fourth-order valence-corrected chi connectivity index (χ4v) is 9.19. The predicted molar refractivity (Wildman–Crippen MR) is 176 cm³/mol. The molecule has 0 amide bonds. The molecule has 45 heavy (non-hydrogen) atoms. The molecule has 4 unspecified atom stereocenters. The molecule has 4 atom stereocenters. The number of allylic oxidation sites excluding steroid dienone is 4. The molecule has 10 heteroatoms. The summed E-state index contributed by atoms with van der Waals surface area (Å²) >= 11 is 0. The predicted octanol–water partition coefficient (Wildman–Crippen LogP) is 5.71. The molecule has 0 spiro atoms. The van der Waals surface area contributed by atoms with Crippen molar-refractivity contribution in [1.29, 1.82) is 0 Å². The number of fused-ring (bicyclic) bond motifs is 5. The van der Waals surface area contributed by atoms with Crippen LogP contribution in [0, 0.1) is 17.7 Å². The van der Waals surface area contributed by atoms with E-state index in [2.05, 4.69) is 49.7 Å². The summed E-state index contributed by atoms with van der Waals surface area (Å²) in [7, 11) is 0. The van der Waals surface area contributed by atoms with Crippen LogP contribution in [-0.2, 0) is 11.8 Å². The molecule has 0 radical (unpaired) electrons. The van der Waals surface area contributed by atoms with Gasteiger partial charge >= 0.3 is 0 Å². The number of aryl methyl sites for hydroxylation is 1. The van der Waals surface area contributed by atoms with Crippen molar-refractivity contribution >= 4 is 29.0 Å². The zero-order chi connectivity index (χ0) is 30.1. The number of pyridine rings is 1. The van der Waals surface area contributed by atoms with Gasteiger partial charge in [0.25, 0.3) is 0 Å². The monoisotopic (exact) mass is 607 g/mol. The Labute approximate surface area is 263 Å². The van der Waals surface area contributed by atoms with E-state index in [1.54, 1.807) is 4.68 Å². The van der Waals surface area contributed by atoms with Gasteiger partial charge in [-0.25, -0.2) is 9.37 Å². The van der Waals surface area contributed by atoms with Crippen LogP contribution in [0.5, 0.6) is 0 Å². The molecule has 234 valence electrons. The van der Waals surface area contributed by atoms with Crippen LogP contribution in [0.15, 0.2) is 48.1 Å². The van der Waals surface area contributed by atoms with E-state index in [4.69, 9.17) is 15.8 Å². The minimum Gasteiger partial charge on any atom is -0.383 e. The number of nitrogens with zero attached hydrogens (tertiary/aromatic N) is 6. The van der Waals surface area contributed by atoms with Gasteiger partial charge in [0.15, 0.2) is 5.82 Å². The number of nitrogens with two attached hydrogens (primary N) is 1. The Kier molecular flexibility index (Phi) is 6.44. The van der Waals surface area contributed by atoms with Crippen LogP contribution >= 0.6 is 0 Å². The van der Waals surface area contributed by atoms with E-state index >= 15 is 4.39 Å². The molecular weight excluding hydrogens is 565 g/mol. The van der Waals surface area contributed by atoms with Crippen molar-refractivity contribution in [3.05, 3.63) is 65.1 Å². The largest absolute Gasteiger partial charge is 0.383 e. The van der Waals surface area contributed by atoms with E-state index in [1.165, 1.54) is 42.9 Å². The molecule has 4 heterocycles. The SMILES string of the molecule is Nc1nc(Nc2ccc(N3CCN(C4CC5CCC4C5)CC3)c(F)c2)nn1-c1cc(C23C=CC(=CC2)CC3)c2c(n1)CCCN2. The van der Waals surface area contributed by atoms with Gasteiger partial charge in [0.2, 0.25) is 11.9 Å². The highest BCUT2D eigenvalue weighted by molar-refractivity contribution is 5.65. The Morgan fingerprint density at radius 2 is 1.96 bits per heavy atom. The normalized spacial score (nSPS) is 28.7. The number of hydrogen-bond acceptors (Lipinski definition) is 8. The van der Waals surface area contributed by atoms with Gasteiger partial charge in [-0.05, 0) is 93.0 Å². The molecule has 7 aliphatic rings. The molecular formula is C35H42FN9. The fraction of sp³-hybridized carbons (Fsp3) is 0.514. The van der Waals surface area contributed by atoms with Crippen LogP contribution in [0.3, 0.4) is 0 Å². The average Bonchev–Trinajstić information content (AvgIpc) is 3.82. The number of hydrogen-bond donors (Lipinski definition) is 3. The number of rotatable bonds is 6. The van der Waals surface area contributed by atoms with Crippen LogP contribution in [-0.4, -0.2) is 63.4 Å². The highest BCUT2D eigenvalue weighted by Crippen LogP contribution is 2.49. The first kappa shape index (κ1) is 27.4. The molecule has 9 nitrogen and oxygen atoms in total. The lowest BCUT2D eigenvalue weighted by Gasteiger charge is -2.41. The third-order valence-corrected chi connectivity index (χ3v) is 11.6. The van der Waals surface area contributed by atoms with E-state index in [9.17, 15) is 0 Å². The minimum absolute atomic E-state index is 0.0492. The number of anilines is 5. The number of nitrogens with one attached hydrogen (secondary N) is 2. The van der Waals surface area contributed by atoms with E-state index in [1.807, 2.05) is 12.1 Å². The lowest BCUT2D eigenvalue weighted by molar-refractivity contribution is 0.134. The molecule has 3 aromatic rings. The van der Waals surface area contributed by atoms with Gasteiger partial charge in [-0.15, -0.1) is 5.10 Å². The molecule has 3 fully saturated rings. The van der Waals surface area contributed by atoms with Crippen LogP contribution in [0.25, 0.3) is 5.82 Å². The summed E-state index contributed by atoms with van der Waals surface area (Å²) in [6.07, 6.45) is 17.8. The summed E-state index contributed by atoms with van der Waals surface area (Å²) in [4.78, 5) is 14.3. The highest BCUT2D eigenvalue weighted by Gasteiger charge is 2.43. The summed E-state index contributed by atoms with van der Waals surface area (Å²) in [6, 6.07) is 8.19. The molecule has 4 bridgehead atoms. The third kappa shape index (κ3) is 4.71. The fourth-order valence-electron chi connectivity index (χ4n) is 9.19. The first-order valence-corrected chi connectivity index (χ1v) is 17.0. The lowest BCUT2D eigenvalue weighted by Crippen LogP contribution is -2.52. The molecule has 1 aromatic carbocycles. The van der Waals surface area contributed by atoms with Crippen molar-refractivity contribution in [2.24, 2.45) is 11.8 Å². The molecule has 1 saturated heterocycles. The molecule has 10 rings (SSSR count). The minimum atomic E-state index is -0.237. The van der Waals surface area contributed by atoms with Gasteiger partial charge in [-0.1, -0.05) is 30.2 Å². The second-order valence-corrected chi connectivity index (χ2v) is 14.1. The summed E-state index contributed by atoms with van der Waals surface area (Å²) in [6.45, 7) is 4.70. The number of piperazine rings is 1. The molecule has 2 aromatic heterocycles. The van der Waals surface area contributed by atoms with Crippen molar-refractivity contribution in [1.82, 2.24) is 24.6 Å². The molecule has 5 aliphatic carbocycles. The van der Waals surface area contributed by atoms with E-state index in [-0.39, 0.29) is 17.2 Å². The van der Waals surface area contributed by atoms with Crippen LogP contribution in [0.2, 0.25) is 0 Å². The van der Waals surface area contributed by atoms with Gasteiger partial charge in [-0.2, -0.15) is 9.67 Å². The quantitative estimate of drug-likeness (QED) is 0.328. The Hall–Kier alpha value is -3.92. The van der Waals surface area contributed by atoms with Gasteiger partial charge in [0, 0.05) is 49.9 Å². The van der Waals surface area contributed by atoms with E-state index in [0.717, 1.165) is 94.1 Å². The number of benzene rings is 1. The van der Waals surface area contributed by atoms with Crippen LogP contribution in [0.1, 0.15) is 62.6 Å². The van der Waals surface area contributed by atoms with E-state index in [0.29, 0.717) is 23.1 Å². The summed E-state index contributed by atoms with van der Waals surface area (Å²) in [5, 5.41) is 11.5. The molecule has 4 N–H and O–H groups in total. The van der Waals surface area contributed by atoms with Crippen LogP contribution < -0.4 is 21.3 Å². The van der Waals surface area contributed by atoms with Gasteiger partial charge in [-0.3, -0.25) is 4.90 Å². The lowest BCUT2D eigenvalue weighted by atomic mass is 9.65. The number of aromatic nitrogens is 4. The number of halogens is 1. The number of nitrogen functional groups attached to an aromatic ring is 1. The summed E-state index contributed by atoms with van der Waals surface area (Å²) in [5.41, 5.74) is 12.5. The summed E-state index contributed by atoms with van der Waals surface area (Å²) in [5.74, 6) is 2.83. The standard InChI is InChI=1S/C35H42FN9/c36-27-20-25(5-6-29(27)43-14-16-44(17-15-43)30-19-23-3-4-24(30)18-23)39-34-41-33(37)45(42-34)31-21-26(32-28(40-31)2-1-13-38-32)35-10-7-22(8-11-35)9-12-35/h5-8,10,20-21,23-24,30,38H,1-4,9,11-19H2,(H3,37,39,41,42). The second-order valence-electron chi connectivity index (χ2n) is 14.1. The average molecular weight is 608 g/mol. The maximum absolute atomic E-state index is 15.5. The van der Waals surface area contributed by atoms with Crippen molar-refractivity contribution in [2.45, 2.75) is 69.2 Å². The maximum Gasteiger partial charge on any atom is 0.248 e. The van der Waals surface area contributed by atoms with Gasteiger partial charge in [0.05, 0.1) is 17.1 Å². The Balaban J connectivity index is 0.928.